The van der Waals surface area contributed by atoms with Crippen LogP contribution in [0.2, 0.25) is 0 Å². The Morgan fingerprint density at radius 3 is 2.88 bits per heavy atom. The van der Waals surface area contributed by atoms with Gasteiger partial charge in [0.1, 0.15) is 5.82 Å². The summed E-state index contributed by atoms with van der Waals surface area (Å²) in [7, 11) is 0. The van der Waals surface area contributed by atoms with Gasteiger partial charge in [-0.25, -0.2) is 4.39 Å². The summed E-state index contributed by atoms with van der Waals surface area (Å²) < 4.78 is 13.5. The third-order valence-electron chi connectivity index (χ3n) is 3.28. The normalized spacial score (nSPS) is 19.8. The van der Waals surface area contributed by atoms with Crippen LogP contribution < -0.4 is 0 Å². The Labute approximate surface area is 99.7 Å². The van der Waals surface area contributed by atoms with Crippen LogP contribution in [-0.4, -0.2) is 5.78 Å². The van der Waals surface area contributed by atoms with Gasteiger partial charge in [-0.15, -0.1) is 0 Å². The summed E-state index contributed by atoms with van der Waals surface area (Å²) in [4.78, 5) is 11.6. The fourth-order valence-electron chi connectivity index (χ4n) is 2.27. The van der Waals surface area contributed by atoms with E-state index in [0.717, 1.165) is 28.7 Å². The van der Waals surface area contributed by atoms with Crippen molar-refractivity contribution in [2.75, 3.05) is 0 Å². The Balaban J connectivity index is 1.85. The lowest BCUT2D eigenvalue weighted by atomic mass is 9.87. The van der Waals surface area contributed by atoms with E-state index in [-0.39, 0.29) is 11.6 Å². The van der Waals surface area contributed by atoms with Gasteiger partial charge in [0.15, 0.2) is 5.78 Å². The number of benzene rings is 1. The van der Waals surface area contributed by atoms with Crippen molar-refractivity contribution in [1.82, 2.24) is 0 Å². The maximum atomic E-state index is 13.5. The average Bonchev–Trinajstić information content (AvgIpc) is 3.13. The van der Waals surface area contributed by atoms with Gasteiger partial charge < -0.3 is 0 Å². The Morgan fingerprint density at radius 1 is 1.29 bits per heavy atom. The largest absolute Gasteiger partial charge is 0.290 e. The van der Waals surface area contributed by atoms with Gasteiger partial charge in [-0.1, -0.05) is 23.8 Å². The molecule has 0 aromatic heterocycles. The molecule has 0 unspecified atom stereocenters. The highest BCUT2D eigenvalue weighted by Gasteiger charge is 2.19. The molecule has 85 valence electrons. The summed E-state index contributed by atoms with van der Waals surface area (Å²) in [6.45, 7) is 0. The summed E-state index contributed by atoms with van der Waals surface area (Å²) in [5.74, 6) is -0.0361. The molecule has 0 atom stereocenters. The zero-order valence-electron chi connectivity index (χ0n) is 9.37. The zero-order valence-corrected chi connectivity index (χ0v) is 9.37. The molecule has 0 saturated heterocycles. The molecule has 2 aliphatic carbocycles. The number of allylic oxidation sites excluding steroid dienone is 4. The van der Waals surface area contributed by atoms with E-state index in [2.05, 4.69) is 0 Å². The highest BCUT2D eigenvalue weighted by molar-refractivity contribution is 6.10. The maximum absolute atomic E-state index is 13.5. The maximum Gasteiger partial charge on any atom is 0.182 e. The standard InChI is InChI=1S/C15H12FO/c16-14-3-1-2-12-8-10(4-7-13(12)14)9-15(17)11-5-6-11/h1-3,5-6,9H,4,7-8H2/b10-9-. The minimum Gasteiger partial charge on any atom is -0.290 e. The molecular weight excluding hydrogens is 215 g/mol. The molecule has 17 heavy (non-hydrogen) atoms. The lowest BCUT2D eigenvalue weighted by molar-refractivity contribution is -0.110. The SMILES string of the molecule is O=C(/C=C1/CCc2c(F)cccc2C1)C1=C[CH]1. The van der Waals surface area contributed by atoms with Crippen molar-refractivity contribution in [2.24, 2.45) is 0 Å². The first-order valence-electron chi connectivity index (χ1n) is 5.79. The number of rotatable bonds is 2. The summed E-state index contributed by atoms with van der Waals surface area (Å²) in [6.07, 6.45) is 7.53. The number of hydrogen-bond acceptors (Lipinski definition) is 1. The quantitative estimate of drug-likeness (QED) is 0.710. The second-order valence-electron chi connectivity index (χ2n) is 4.51. The van der Waals surface area contributed by atoms with E-state index in [4.69, 9.17) is 0 Å². The summed E-state index contributed by atoms with van der Waals surface area (Å²) in [5.41, 5.74) is 3.73. The van der Waals surface area contributed by atoms with Crippen molar-refractivity contribution in [3.63, 3.8) is 0 Å². The van der Waals surface area contributed by atoms with Crippen LogP contribution in [0.1, 0.15) is 17.5 Å². The molecule has 0 spiro atoms. The van der Waals surface area contributed by atoms with Crippen molar-refractivity contribution in [3.8, 4) is 0 Å². The second kappa shape index (κ2) is 3.95. The molecule has 1 nitrogen and oxygen atoms in total. The first-order chi connectivity index (χ1) is 8.24. The highest BCUT2D eigenvalue weighted by Crippen LogP contribution is 2.28. The number of hydrogen-bond donors (Lipinski definition) is 0. The van der Waals surface area contributed by atoms with Crippen LogP contribution in [0.5, 0.6) is 0 Å². The van der Waals surface area contributed by atoms with Crippen molar-refractivity contribution >= 4 is 5.78 Å². The average molecular weight is 227 g/mol. The predicted molar refractivity (Wildman–Crippen MR) is 63.9 cm³/mol. The topological polar surface area (TPSA) is 17.1 Å². The van der Waals surface area contributed by atoms with Crippen LogP contribution in [0, 0.1) is 12.2 Å². The molecule has 0 bridgehead atoms. The van der Waals surface area contributed by atoms with E-state index < -0.39 is 0 Å². The van der Waals surface area contributed by atoms with Gasteiger partial charge in [-0.05, 0) is 42.5 Å². The van der Waals surface area contributed by atoms with Crippen molar-refractivity contribution in [1.29, 1.82) is 0 Å². The van der Waals surface area contributed by atoms with Gasteiger partial charge in [0.05, 0.1) is 0 Å². The Bertz CT molecular complexity index is 552. The van der Waals surface area contributed by atoms with E-state index in [1.165, 1.54) is 6.07 Å². The van der Waals surface area contributed by atoms with E-state index in [1.807, 2.05) is 18.6 Å². The minimum atomic E-state index is -0.119. The number of halogens is 1. The molecule has 0 aliphatic heterocycles. The lowest BCUT2D eigenvalue weighted by Gasteiger charge is -2.18. The Kier molecular flexibility index (Phi) is 2.43. The molecule has 1 aromatic carbocycles. The van der Waals surface area contributed by atoms with Crippen LogP contribution in [0.4, 0.5) is 4.39 Å². The first-order valence-corrected chi connectivity index (χ1v) is 5.79. The smallest absolute Gasteiger partial charge is 0.182 e. The molecule has 1 aromatic rings. The van der Waals surface area contributed by atoms with E-state index >= 15 is 0 Å². The molecule has 0 N–H and O–H groups in total. The summed E-state index contributed by atoms with van der Waals surface area (Å²) in [5, 5.41) is 0. The van der Waals surface area contributed by atoms with Gasteiger partial charge in [-0.3, -0.25) is 4.79 Å². The molecule has 0 fully saturated rings. The molecule has 1 radical (unpaired) electrons. The first kappa shape index (κ1) is 10.5. The summed E-state index contributed by atoms with van der Waals surface area (Å²) >= 11 is 0. The molecular formula is C15H12FO. The second-order valence-corrected chi connectivity index (χ2v) is 4.51. The lowest BCUT2D eigenvalue weighted by Crippen LogP contribution is -2.09. The molecule has 0 heterocycles. The fourth-order valence-corrected chi connectivity index (χ4v) is 2.27. The van der Waals surface area contributed by atoms with E-state index in [0.29, 0.717) is 12.8 Å². The third-order valence-corrected chi connectivity index (χ3v) is 3.28. The fraction of sp³-hybridized carbons (Fsp3) is 0.200. The molecule has 2 heteroatoms. The van der Waals surface area contributed by atoms with Crippen LogP contribution >= 0.6 is 0 Å². The van der Waals surface area contributed by atoms with Crippen molar-refractivity contribution < 1.29 is 9.18 Å². The van der Waals surface area contributed by atoms with Crippen LogP contribution in [0.3, 0.4) is 0 Å². The minimum absolute atomic E-state index is 0.0832. The van der Waals surface area contributed by atoms with E-state index in [9.17, 15) is 9.18 Å². The molecule has 2 aliphatic rings. The zero-order chi connectivity index (χ0) is 11.8. The van der Waals surface area contributed by atoms with Gasteiger partial charge >= 0.3 is 0 Å². The Morgan fingerprint density at radius 2 is 2.12 bits per heavy atom. The van der Waals surface area contributed by atoms with Gasteiger partial charge in [0.25, 0.3) is 0 Å². The number of carbonyl (C=O) groups is 1. The van der Waals surface area contributed by atoms with Crippen LogP contribution in [-0.2, 0) is 17.6 Å². The molecule has 3 rings (SSSR count). The number of fused-ring (bicyclic) bond motifs is 1. The van der Waals surface area contributed by atoms with Crippen molar-refractivity contribution in [3.05, 3.63) is 64.9 Å². The highest BCUT2D eigenvalue weighted by atomic mass is 19.1. The van der Waals surface area contributed by atoms with Gasteiger partial charge in [0, 0.05) is 12.0 Å². The van der Waals surface area contributed by atoms with Gasteiger partial charge in [0.2, 0.25) is 0 Å². The number of ketones is 1. The summed E-state index contributed by atoms with van der Waals surface area (Å²) in [6, 6.07) is 5.18. The van der Waals surface area contributed by atoms with Crippen LogP contribution in [0.15, 0.2) is 41.5 Å². The van der Waals surface area contributed by atoms with Gasteiger partial charge in [-0.2, -0.15) is 0 Å². The Hall–Kier alpha value is -1.70. The third kappa shape index (κ3) is 2.07. The number of carbonyl (C=O) groups excluding carboxylic acids is 1. The van der Waals surface area contributed by atoms with Crippen molar-refractivity contribution in [2.45, 2.75) is 19.3 Å². The molecule has 0 amide bonds. The van der Waals surface area contributed by atoms with Crippen LogP contribution in [0.25, 0.3) is 0 Å². The predicted octanol–water partition coefficient (Wildman–Crippen LogP) is 2.95. The molecule has 0 saturated carbocycles. The monoisotopic (exact) mass is 227 g/mol. The van der Waals surface area contributed by atoms with E-state index in [1.54, 1.807) is 12.1 Å².